The molecular weight excluding hydrogens is 436 g/mol. The van der Waals surface area contributed by atoms with E-state index in [0.29, 0.717) is 25.2 Å². The van der Waals surface area contributed by atoms with Crippen molar-refractivity contribution in [3.05, 3.63) is 96.3 Å². The summed E-state index contributed by atoms with van der Waals surface area (Å²) in [6, 6.07) is 22.3. The maximum Gasteiger partial charge on any atom is 0.253 e. The minimum atomic E-state index is -3.61. The lowest BCUT2D eigenvalue weighted by atomic mass is 10.1. The van der Waals surface area contributed by atoms with Crippen molar-refractivity contribution in [3.8, 4) is 0 Å². The molecule has 0 N–H and O–H groups in total. The van der Waals surface area contributed by atoms with E-state index < -0.39 is 10.0 Å². The fourth-order valence-corrected chi connectivity index (χ4v) is 5.58. The van der Waals surface area contributed by atoms with Crippen LogP contribution in [0.15, 0.2) is 90.1 Å². The van der Waals surface area contributed by atoms with Gasteiger partial charge in [0.05, 0.1) is 11.4 Å². The van der Waals surface area contributed by atoms with Crippen LogP contribution in [0.3, 0.4) is 0 Å². The highest BCUT2D eigenvalue weighted by Gasteiger charge is 2.30. The Balaban J connectivity index is 1.24. The third-order valence-corrected chi connectivity index (χ3v) is 7.88. The maximum atomic E-state index is 13.2. The number of hydrogen-bond donors (Lipinski definition) is 0. The second-order valence-electron chi connectivity index (χ2n) is 8.11. The highest BCUT2D eigenvalue weighted by Crippen LogP contribution is 2.23. The largest absolute Gasteiger partial charge is 0.336 e. The van der Waals surface area contributed by atoms with Gasteiger partial charge in [-0.2, -0.15) is 9.40 Å². The van der Waals surface area contributed by atoms with Crippen LogP contribution >= 0.6 is 0 Å². The van der Waals surface area contributed by atoms with Gasteiger partial charge in [-0.3, -0.25) is 9.48 Å². The molecule has 33 heavy (non-hydrogen) atoms. The van der Waals surface area contributed by atoms with Crippen molar-refractivity contribution in [3.63, 3.8) is 0 Å². The van der Waals surface area contributed by atoms with Gasteiger partial charge in [0.15, 0.2) is 0 Å². The van der Waals surface area contributed by atoms with Crippen molar-refractivity contribution in [2.45, 2.75) is 11.4 Å². The Hall–Kier alpha value is -3.49. The first-order chi connectivity index (χ1) is 16.0. The third-order valence-electron chi connectivity index (χ3n) is 5.99. The molecule has 4 aromatic rings. The van der Waals surface area contributed by atoms with E-state index in [1.54, 1.807) is 23.2 Å². The zero-order valence-electron chi connectivity index (χ0n) is 18.0. The van der Waals surface area contributed by atoms with E-state index in [1.165, 1.54) is 4.31 Å². The van der Waals surface area contributed by atoms with Gasteiger partial charge in [0.2, 0.25) is 10.0 Å². The van der Waals surface area contributed by atoms with Crippen molar-refractivity contribution >= 4 is 26.7 Å². The molecule has 1 aromatic heterocycles. The molecule has 1 aliphatic heterocycles. The van der Waals surface area contributed by atoms with Crippen molar-refractivity contribution < 1.29 is 13.2 Å². The van der Waals surface area contributed by atoms with Crippen molar-refractivity contribution in [2.75, 3.05) is 26.2 Å². The minimum Gasteiger partial charge on any atom is -0.336 e. The van der Waals surface area contributed by atoms with Gasteiger partial charge in [0.25, 0.3) is 5.91 Å². The van der Waals surface area contributed by atoms with Crippen LogP contribution in [0.5, 0.6) is 0 Å². The van der Waals surface area contributed by atoms with Crippen LogP contribution in [0, 0.1) is 0 Å². The van der Waals surface area contributed by atoms with Gasteiger partial charge in [-0.15, -0.1) is 0 Å². The molecule has 2 heterocycles. The molecule has 0 unspecified atom stereocenters. The van der Waals surface area contributed by atoms with E-state index in [4.69, 9.17) is 0 Å². The molecule has 0 aliphatic carbocycles. The monoisotopic (exact) mass is 460 g/mol. The predicted molar refractivity (Wildman–Crippen MR) is 126 cm³/mol. The predicted octanol–water partition coefficient (Wildman–Crippen LogP) is 3.23. The lowest BCUT2D eigenvalue weighted by Gasteiger charge is -2.34. The Labute approximate surface area is 192 Å². The van der Waals surface area contributed by atoms with E-state index >= 15 is 0 Å². The molecule has 0 bridgehead atoms. The van der Waals surface area contributed by atoms with Crippen LogP contribution in [0.4, 0.5) is 0 Å². The lowest BCUT2D eigenvalue weighted by molar-refractivity contribution is 0.0698. The summed E-state index contributed by atoms with van der Waals surface area (Å²) in [6.45, 7) is 1.92. The second kappa shape index (κ2) is 8.80. The van der Waals surface area contributed by atoms with Crippen LogP contribution < -0.4 is 0 Å². The van der Waals surface area contributed by atoms with Crippen LogP contribution in [0.1, 0.15) is 15.9 Å². The maximum absolute atomic E-state index is 13.2. The molecule has 5 rings (SSSR count). The smallest absolute Gasteiger partial charge is 0.253 e. The number of piperazine rings is 1. The molecule has 0 atom stereocenters. The number of hydrogen-bond acceptors (Lipinski definition) is 4. The van der Waals surface area contributed by atoms with E-state index in [-0.39, 0.29) is 23.9 Å². The van der Waals surface area contributed by atoms with Crippen molar-refractivity contribution in [1.82, 2.24) is 19.0 Å². The van der Waals surface area contributed by atoms with Gasteiger partial charge in [-0.1, -0.05) is 42.5 Å². The fourth-order valence-electron chi connectivity index (χ4n) is 4.12. The summed E-state index contributed by atoms with van der Waals surface area (Å²) in [6.07, 6.45) is 3.63. The number of sulfonamides is 1. The molecule has 0 radical (unpaired) electrons. The first-order valence-corrected chi connectivity index (χ1v) is 12.3. The molecule has 1 saturated heterocycles. The van der Waals surface area contributed by atoms with Gasteiger partial charge in [0, 0.05) is 44.1 Å². The molecular formula is C25H24N4O3S. The first-order valence-electron chi connectivity index (χ1n) is 10.9. The Kier molecular flexibility index (Phi) is 5.70. The number of aromatic nitrogens is 2. The van der Waals surface area contributed by atoms with Crippen LogP contribution in [0.25, 0.3) is 10.8 Å². The molecule has 168 valence electrons. The van der Waals surface area contributed by atoms with Crippen molar-refractivity contribution in [2.24, 2.45) is 0 Å². The van der Waals surface area contributed by atoms with E-state index in [0.717, 1.165) is 16.3 Å². The van der Waals surface area contributed by atoms with Crippen LogP contribution in [-0.2, 0) is 16.6 Å². The number of carbonyl (C=O) groups excluding carboxylic acids is 1. The van der Waals surface area contributed by atoms with Gasteiger partial charge in [-0.25, -0.2) is 8.42 Å². The number of fused-ring (bicyclic) bond motifs is 1. The number of amides is 1. The summed E-state index contributed by atoms with van der Waals surface area (Å²) >= 11 is 0. The van der Waals surface area contributed by atoms with E-state index in [9.17, 15) is 13.2 Å². The number of rotatable bonds is 5. The standard InChI is InChI=1S/C25H24N4O3S/c30-25(22-8-6-20(7-9-22)19-28-13-3-12-26-28)27-14-16-29(17-15-27)33(31,32)24-11-10-21-4-1-2-5-23(21)18-24/h1-13,18H,14-17,19H2. The Bertz CT molecular complexity index is 1370. The molecule has 8 heteroatoms. The summed E-state index contributed by atoms with van der Waals surface area (Å²) in [5.41, 5.74) is 1.66. The molecule has 3 aromatic carbocycles. The average molecular weight is 461 g/mol. The Morgan fingerprint density at radius 2 is 1.58 bits per heavy atom. The highest BCUT2D eigenvalue weighted by molar-refractivity contribution is 7.89. The quantitative estimate of drug-likeness (QED) is 0.458. The van der Waals surface area contributed by atoms with Crippen molar-refractivity contribution in [1.29, 1.82) is 0 Å². The molecule has 1 aliphatic rings. The van der Waals surface area contributed by atoms with E-state index in [2.05, 4.69) is 5.10 Å². The SMILES string of the molecule is O=C(c1ccc(Cn2cccn2)cc1)N1CCN(S(=O)(=O)c2ccc3ccccc3c2)CC1. The van der Waals surface area contributed by atoms with Crippen LogP contribution in [0.2, 0.25) is 0 Å². The van der Waals surface area contributed by atoms with Gasteiger partial charge in [-0.05, 0) is 46.7 Å². The van der Waals surface area contributed by atoms with E-state index in [1.807, 2.05) is 71.5 Å². The normalized spacial score (nSPS) is 15.1. The summed E-state index contributed by atoms with van der Waals surface area (Å²) in [5.74, 6) is -0.0802. The Morgan fingerprint density at radius 1 is 0.848 bits per heavy atom. The van der Waals surface area contributed by atoms with Gasteiger partial charge in [0.1, 0.15) is 0 Å². The van der Waals surface area contributed by atoms with Crippen LogP contribution in [-0.4, -0.2) is 59.5 Å². The molecule has 1 fully saturated rings. The second-order valence-corrected chi connectivity index (χ2v) is 10.0. The van der Waals surface area contributed by atoms with Gasteiger partial charge < -0.3 is 4.90 Å². The number of carbonyl (C=O) groups is 1. The summed E-state index contributed by atoms with van der Waals surface area (Å²) in [4.78, 5) is 14.9. The molecule has 7 nitrogen and oxygen atoms in total. The topological polar surface area (TPSA) is 75.5 Å². The number of benzene rings is 3. The molecule has 0 saturated carbocycles. The zero-order valence-corrected chi connectivity index (χ0v) is 18.9. The lowest BCUT2D eigenvalue weighted by Crippen LogP contribution is -2.50. The summed E-state index contributed by atoms with van der Waals surface area (Å²) in [5, 5.41) is 6.09. The average Bonchev–Trinajstić information content (AvgIpc) is 3.37. The first kappa shape index (κ1) is 21.4. The zero-order chi connectivity index (χ0) is 22.8. The fraction of sp³-hybridized carbons (Fsp3) is 0.200. The Morgan fingerprint density at radius 3 is 2.27 bits per heavy atom. The minimum absolute atomic E-state index is 0.0802. The number of nitrogens with zero attached hydrogens (tertiary/aromatic N) is 4. The highest BCUT2D eigenvalue weighted by atomic mass is 32.2. The summed E-state index contributed by atoms with van der Waals surface area (Å²) < 4.78 is 29.6. The summed E-state index contributed by atoms with van der Waals surface area (Å²) in [7, 11) is -3.61. The molecule has 1 amide bonds. The third kappa shape index (κ3) is 4.40. The van der Waals surface area contributed by atoms with Gasteiger partial charge >= 0.3 is 0 Å². The molecule has 0 spiro atoms.